The molecule has 156 valence electrons. The molecule has 0 saturated heterocycles. The summed E-state index contributed by atoms with van der Waals surface area (Å²) in [5.74, 6) is -1.98. The highest BCUT2D eigenvalue weighted by Crippen LogP contribution is 2.25. The quantitative estimate of drug-likeness (QED) is 0.465. The number of hydrogen-bond donors (Lipinski definition) is 1. The maximum absolute atomic E-state index is 12.1. The number of hydrogen-bond acceptors (Lipinski definition) is 8. The summed E-state index contributed by atoms with van der Waals surface area (Å²) >= 11 is 1.37. The number of aromatic nitrogens is 2. The second kappa shape index (κ2) is 8.44. The van der Waals surface area contributed by atoms with Gasteiger partial charge in [0.1, 0.15) is 5.01 Å². The highest BCUT2D eigenvalue weighted by atomic mass is 32.1. The first-order valence-corrected chi connectivity index (χ1v) is 10.1. The molecule has 0 atom stereocenters. The number of imide groups is 1. The minimum absolute atomic E-state index is 0.0710. The second-order valence-electron chi connectivity index (χ2n) is 6.67. The Morgan fingerprint density at radius 3 is 2.71 bits per heavy atom. The number of carbonyl (C=O) groups excluding carboxylic acids is 4. The molecule has 0 spiro atoms. The van der Waals surface area contributed by atoms with E-state index in [2.05, 4.69) is 15.3 Å². The standard InChI is InChI=1S/C21H16N4O5S/c1-25-20(28)14-6-5-12(8-15(14)21(25)29)23-17(26)10-30-18(27)9-13-11-31-19(24-13)16-4-2-3-7-22-16/h2-8,11H,9-10H2,1H3,(H,23,26). The number of fused-ring (bicyclic) bond motifs is 1. The van der Waals surface area contributed by atoms with E-state index in [0.29, 0.717) is 22.1 Å². The van der Waals surface area contributed by atoms with Crippen LogP contribution in [0.5, 0.6) is 0 Å². The molecule has 2 aromatic heterocycles. The number of nitrogens with zero attached hydrogens (tertiary/aromatic N) is 3. The van der Waals surface area contributed by atoms with Crippen molar-refractivity contribution < 1.29 is 23.9 Å². The molecule has 4 rings (SSSR count). The van der Waals surface area contributed by atoms with E-state index in [9.17, 15) is 19.2 Å². The summed E-state index contributed by atoms with van der Waals surface area (Å²) in [6.07, 6.45) is 1.59. The fourth-order valence-corrected chi connectivity index (χ4v) is 3.77. The highest BCUT2D eigenvalue weighted by Gasteiger charge is 2.32. The molecular formula is C21H16N4O5S. The zero-order valence-corrected chi connectivity index (χ0v) is 17.1. The third-order valence-electron chi connectivity index (χ3n) is 4.50. The lowest BCUT2D eigenvalue weighted by atomic mass is 10.1. The number of anilines is 1. The molecule has 3 amide bonds. The van der Waals surface area contributed by atoms with Crippen LogP contribution in [0.3, 0.4) is 0 Å². The van der Waals surface area contributed by atoms with Crippen LogP contribution in [0.4, 0.5) is 5.69 Å². The van der Waals surface area contributed by atoms with Crippen LogP contribution < -0.4 is 5.32 Å². The lowest BCUT2D eigenvalue weighted by Gasteiger charge is -2.07. The molecule has 1 aromatic carbocycles. The van der Waals surface area contributed by atoms with Gasteiger partial charge in [-0.1, -0.05) is 6.07 Å². The van der Waals surface area contributed by atoms with Gasteiger partial charge in [-0.3, -0.25) is 29.1 Å². The SMILES string of the molecule is CN1C(=O)c2ccc(NC(=O)COC(=O)Cc3csc(-c4ccccn4)n3)cc2C1=O. The van der Waals surface area contributed by atoms with Gasteiger partial charge in [-0.15, -0.1) is 11.3 Å². The van der Waals surface area contributed by atoms with Crippen molar-refractivity contribution >= 4 is 40.7 Å². The van der Waals surface area contributed by atoms with Gasteiger partial charge >= 0.3 is 5.97 Å². The summed E-state index contributed by atoms with van der Waals surface area (Å²) in [5, 5.41) is 4.98. The minimum atomic E-state index is -0.593. The number of nitrogens with one attached hydrogen (secondary N) is 1. The monoisotopic (exact) mass is 436 g/mol. The van der Waals surface area contributed by atoms with Crippen LogP contribution in [0.25, 0.3) is 10.7 Å². The van der Waals surface area contributed by atoms with E-state index < -0.39 is 24.4 Å². The van der Waals surface area contributed by atoms with Crippen molar-refractivity contribution in [3.63, 3.8) is 0 Å². The van der Waals surface area contributed by atoms with E-state index in [0.717, 1.165) is 4.90 Å². The van der Waals surface area contributed by atoms with Gasteiger partial charge in [0.2, 0.25) is 0 Å². The van der Waals surface area contributed by atoms with Crippen molar-refractivity contribution in [1.29, 1.82) is 0 Å². The molecule has 1 aliphatic rings. The molecular weight excluding hydrogens is 420 g/mol. The molecule has 3 heterocycles. The fourth-order valence-electron chi connectivity index (χ4n) is 2.98. The van der Waals surface area contributed by atoms with E-state index in [1.807, 2.05) is 12.1 Å². The molecule has 9 nitrogen and oxygen atoms in total. The predicted octanol–water partition coefficient (Wildman–Crippen LogP) is 2.16. The number of amides is 3. The number of benzene rings is 1. The molecule has 10 heteroatoms. The third kappa shape index (κ3) is 4.33. The lowest BCUT2D eigenvalue weighted by molar-refractivity contribution is -0.146. The van der Waals surface area contributed by atoms with E-state index in [4.69, 9.17) is 4.74 Å². The Bertz CT molecular complexity index is 1190. The van der Waals surface area contributed by atoms with Crippen LogP contribution in [0, 0.1) is 0 Å². The summed E-state index contributed by atoms with van der Waals surface area (Å²) in [6.45, 7) is -0.486. The Hall–Kier alpha value is -3.92. The molecule has 1 N–H and O–H groups in total. The molecule has 0 bridgehead atoms. The summed E-state index contributed by atoms with van der Waals surface area (Å²) in [4.78, 5) is 57.7. The van der Waals surface area contributed by atoms with Gasteiger partial charge in [0.15, 0.2) is 6.61 Å². The van der Waals surface area contributed by atoms with E-state index in [-0.39, 0.29) is 23.5 Å². The summed E-state index contributed by atoms with van der Waals surface area (Å²) < 4.78 is 5.01. The van der Waals surface area contributed by atoms with Gasteiger partial charge in [0.05, 0.1) is 28.9 Å². The first kappa shape index (κ1) is 20.4. The Kier molecular flexibility index (Phi) is 5.54. The summed E-state index contributed by atoms with van der Waals surface area (Å²) in [6, 6.07) is 9.89. The third-order valence-corrected chi connectivity index (χ3v) is 5.41. The van der Waals surface area contributed by atoms with Crippen molar-refractivity contribution in [3.8, 4) is 10.7 Å². The van der Waals surface area contributed by atoms with Gasteiger partial charge in [0.25, 0.3) is 17.7 Å². The zero-order valence-electron chi connectivity index (χ0n) is 16.3. The smallest absolute Gasteiger partial charge is 0.312 e. The molecule has 0 unspecified atom stereocenters. The molecule has 0 radical (unpaired) electrons. The Labute approximate surface area is 180 Å². The molecule has 1 aliphatic heterocycles. The number of esters is 1. The van der Waals surface area contributed by atoms with Crippen molar-refractivity contribution in [3.05, 3.63) is 64.8 Å². The normalized spacial score (nSPS) is 12.6. The molecule has 3 aromatic rings. The van der Waals surface area contributed by atoms with Crippen molar-refractivity contribution in [1.82, 2.24) is 14.9 Å². The molecule has 0 aliphatic carbocycles. The van der Waals surface area contributed by atoms with Gasteiger partial charge in [-0.05, 0) is 30.3 Å². The average molecular weight is 436 g/mol. The van der Waals surface area contributed by atoms with E-state index in [1.54, 1.807) is 17.6 Å². The Balaban J connectivity index is 1.30. The van der Waals surface area contributed by atoms with Crippen LogP contribution >= 0.6 is 11.3 Å². The van der Waals surface area contributed by atoms with E-state index >= 15 is 0 Å². The molecule has 0 saturated carbocycles. The van der Waals surface area contributed by atoms with Crippen LogP contribution in [0.15, 0.2) is 48.0 Å². The number of pyridine rings is 1. The second-order valence-corrected chi connectivity index (χ2v) is 7.53. The molecule has 0 fully saturated rings. The number of carbonyl (C=O) groups is 4. The number of rotatable bonds is 6. The van der Waals surface area contributed by atoms with Crippen molar-refractivity contribution in [2.45, 2.75) is 6.42 Å². The van der Waals surface area contributed by atoms with Crippen molar-refractivity contribution in [2.24, 2.45) is 0 Å². The van der Waals surface area contributed by atoms with E-state index in [1.165, 1.54) is 36.6 Å². The number of thiazole rings is 1. The predicted molar refractivity (Wildman–Crippen MR) is 112 cm³/mol. The van der Waals surface area contributed by atoms with Gasteiger partial charge in [0, 0.05) is 24.3 Å². The Morgan fingerprint density at radius 2 is 1.94 bits per heavy atom. The van der Waals surface area contributed by atoms with Crippen LogP contribution in [0.2, 0.25) is 0 Å². The van der Waals surface area contributed by atoms with Crippen LogP contribution in [0.1, 0.15) is 26.4 Å². The fraction of sp³-hybridized carbons (Fsp3) is 0.143. The molecule has 31 heavy (non-hydrogen) atoms. The van der Waals surface area contributed by atoms with Crippen LogP contribution in [-0.4, -0.2) is 52.2 Å². The summed E-state index contributed by atoms with van der Waals surface area (Å²) in [7, 11) is 1.39. The Morgan fingerprint density at radius 1 is 1.13 bits per heavy atom. The maximum Gasteiger partial charge on any atom is 0.312 e. The topological polar surface area (TPSA) is 119 Å². The number of ether oxygens (including phenoxy) is 1. The summed E-state index contributed by atoms with van der Waals surface area (Å²) in [5.41, 5.74) is 2.07. The average Bonchev–Trinajstić information content (AvgIpc) is 3.32. The van der Waals surface area contributed by atoms with Gasteiger partial charge < -0.3 is 10.1 Å². The maximum atomic E-state index is 12.1. The van der Waals surface area contributed by atoms with Gasteiger partial charge in [-0.25, -0.2) is 4.98 Å². The van der Waals surface area contributed by atoms with Crippen LogP contribution in [-0.2, 0) is 20.7 Å². The van der Waals surface area contributed by atoms with Gasteiger partial charge in [-0.2, -0.15) is 0 Å². The highest BCUT2D eigenvalue weighted by molar-refractivity contribution is 7.13. The zero-order chi connectivity index (χ0) is 22.0. The lowest BCUT2D eigenvalue weighted by Crippen LogP contribution is -2.24. The largest absolute Gasteiger partial charge is 0.455 e. The van der Waals surface area contributed by atoms with Crippen molar-refractivity contribution in [2.75, 3.05) is 19.0 Å². The first-order valence-electron chi connectivity index (χ1n) is 9.20. The minimum Gasteiger partial charge on any atom is -0.455 e. The first-order chi connectivity index (χ1) is 14.9.